The highest BCUT2D eigenvalue weighted by molar-refractivity contribution is 8.00. The van der Waals surface area contributed by atoms with E-state index in [1.165, 1.54) is 11.8 Å². The molecule has 0 spiro atoms. The summed E-state index contributed by atoms with van der Waals surface area (Å²) in [5, 5.41) is 20.8. The molecule has 0 bridgehead atoms. The molecule has 0 aliphatic rings. The van der Waals surface area contributed by atoms with E-state index < -0.39 is 0 Å². The second kappa shape index (κ2) is 7.47. The van der Waals surface area contributed by atoms with Crippen molar-refractivity contribution in [1.29, 1.82) is 0 Å². The van der Waals surface area contributed by atoms with Crippen LogP contribution in [0, 0.1) is 0 Å². The van der Waals surface area contributed by atoms with E-state index in [0.29, 0.717) is 5.75 Å². The van der Waals surface area contributed by atoms with Gasteiger partial charge in [0.2, 0.25) is 0 Å². The lowest BCUT2D eigenvalue weighted by atomic mass is 10.2. The van der Waals surface area contributed by atoms with Gasteiger partial charge in [-0.1, -0.05) is 18.1 Å². The van der Waals surface area contributed by atoms with Gasteiger partial charge in [0, 0.05) is 21.1 Å². The van der Waals surface area contributed by atoms with Crippen LogP contribution in [-0.2, 0) is 0 Å². The molecule has 4 N–H and O–H groups in total. The van der Waals surface area contributed by atoms with Gasteiger partial charge < -0.3 is 16.0 Å². The van der Waals surface area contributed by atoms with E-state index in [1.54, 1.807) is 11.8 Å². The van der Waals surface area contributed by atoms with Crippen LogP contribution in [0.5, 0.6) is 0 Å². The first-order chi connectivity index (χ1) is 8.24. The largest absolute Gasteiger partial charge is 0.409 e. The van der Waals surface area contributed by atoms with E-state index in [1.807, 2.05) is 25.1 Å². The van der Waals surface area contributed by atoms with Crippen LogP contribution in [0.4, 0.5) is 0 Å². The molecule has 0 unspecified atom stereocenters. The second-order valence-corrected chi connectivity index (χ2v) is 5.56. The molecule has 4 nitrogen and oxygen atoms in total. The summed E-state index contributed by atoms with van der Waals surface area (Å²) in [6.45, 7) is 2.15. The number of rotatable bonds is 6. The Balaban J connectivity index is 3.14. The third-order valence-electron chi connectivity index (χ3n) is 2.00. The predicted octanol–water partition coefficient (Wildman–Crippen LogP) is 1.98. The number of amidine groups is 1. The zero-order chi connectivity index (χ0) is 12.7. The molecule has 0 fully saturated rings. The highest BCUT2D eigenvalue weighted by Crippen LogP contribution is 2.31. The van der Waals surface area contributed by atoms with Crippen LogP contribution in [-0.4, -0.2) is 34.3 Å². The normalized spacial score (nSPS) is 11.8. The van der Waals surface area contributed by atoms with Gasteiger partial charge in [0.15, 0.2) is 5.84 Å². The van der Waals surface area contributed by atoms with Gasteiger partial charge >= 0.3 is 0 Å². The van der Waals surface area contributed by atoms with Crippen LogP contribution in [0.25, 0.3) is 0 Å². The Morgan fingerprint density at radius 2 is 2.00 bits per heavy atom. The van der Waals surface area contributed by atoms with Gasteiger partial charge in [0.1, 0.15) is 0 Å². The zero-order valence-electron chi connectivity index (χ0n) is 9.59. The van der Waals surface area contributed by atoms with E-state index in [0.717, 1.165) is 21.1 Å². The van der Waals surface area contributed by atoms with E-state index in [-0.39, 0.29) is 12.4 Å². The van der Waals surface area contributed by atoms with Gasteiger partial charge in [0.05, 0.1) is 6.61 Å². The second-order valence-electron chi connectivity index (χ2n) is 3.12. The summed E-state index contributed by atoms with van der Waals surface area (Å²) < 4.78 is 0. The van der Waals surface area contributed by atoms with Crippen molar-refractivity contribution < 1.29 is 10.3 Å². The van der Waals surface area contributed by atoms with Crippen molar-refractivity contribution in [2.45, 2.75) is 16.7 Å². The van der Waals surface area contributed by atoms with Crippen LogP contribution >= 0.6 is 23.5 Å². The maximum absolute atomic E-state index is 8.85. The highest BCUT2D eigenvalue weighted by Gasteiger charge is 2.13. The average Bonchev–Trinajstić information content (AvgIpc) is 2.36. The number of hydrogen-bond donors (Lipinski definition) is 3. The Morgan fingerprint density at radius 1 is 1.35 bits per heavy atom. The minimum absolute atomic E-state index is 0.103. The van der Waals surface area contributed by atoms with Crippen molar-refractivity contribution >= 4 is 29.4 Å². The number of benzene rings is 1. The van der Waals surface area contributed by atoms with Gasteiger partial charge in [-0.3, -0.25) is 0 Å². The Kier molecular flexibility index (Phi) is 6.25. The van der Waals surface area contributed by atoms with Gasteiger partial charge in [-0.2, -0.15) is 0 Å². The SMILES string of the molecule is CCSc1cccc(SCCO)c1/C(N)=N/O. The summed E-state index contributed by atoms with van der Waals surface area (Å²) in [7, 11) is 0. The highest BCUT2D eigenvalue weighted by atomic mass is 32.2. The predicted molar refractivity (Wildman–Crippen MR) is 73.2 cm³/mol. The van der Waals surface area contributed by atoms with Crippen molar-refractivity contribution in [3.8, 4) is 0 Å². The van der Waals surface area contributed by atoms with Crippen LogP contribution in [0.3, 0.4) is 0 Å². The van der Waals surface area contributed by atoms with Gasteiger partial charge in [-0.15, -0.1) is 23.5 Å². The molecule has 0 radical (unpaired) electrons. The Labute approximate surface area is 109 Å². The summed E-state index contributed by atoms with van der Waals surface area (Å²) in [5.41, 5.74) is 6.46. The summed E-state index contributed by atoms with van der Waals surface area (Å²) >= 11 is 3.14. The molecule has 0 saturated carbocycles. The lowest BCUT2D eigenvalue weighted by Gasteiger charge is -2.12. The monoisotopic (exact) mass is 272 g/mol. The number of oxime groups is 1. The van der Waals surface area contributed by atoms with Crippen molar-refractivity contribution in [1.82, 2.24) is 0 Å². The van der Waals surface area contributed by atoms with Crippen LogP contribution < -0.4 is 5.73 Å². The van der Waals surface area contributed by atoms with Crippen molar-refractivity contribution in [2.24, 2.45) is 10.9 Å². The fourth-order valence-electron chi connectivity index (χ4n) is 1.37. The van der Waals surface area contributed by atoms with Crippen LogP contribution in [0.15, 0.2) is 33.1 Å². The van der Waals surface area contributed by atoms with E-state index in [9.17, 15) is 0 Å². The van der Waals surface area contributed by atoms with Crippen LogP contribution in [0.2, 0.25) is 0 Å². The van der Waals surface area contributed by atoms with E-state index in [4.69, 9.17) is 16.0 Å². The van der Waals surface area contributed by atoms with Gasteiger partial charge in [-0.25, -0.2) is 0 Å². The van der Waals surface area contributed by atoms with Crippen molar-refractivity contribution in [3.05, 3.63) is 23.8 Å². The Bertz CT molecular complexity index is 397. The maximum Gasteiger partial charge on any atom is 0.172 e. The first-order valence-corrected chi connectivity index (χ1v) is 7.19. The number of aliphatic hydroxyl groups is 1. The van der Waals surface area contributed by atoms with Crippen LogP contribution in [0.1, 0.15) is 12.5 Å². The smallest absolute Gasteiger partial charge is 0.172 e. The molecular weight excluding hydrogens is 256 g/mol. The molecule has 17 heavy (non-hydrogen) atoms. The summed E-state index contributed by atoms with van der Waals surface area (Å²) in [6.07, 6.45) is 0. The molecular formula is C11H16N2O2S2. The number of nitrogens with zero attached hydrogens (tertiary/aromatic N) is 1. The zero-order valence-corrected chi connectivity index (χ0v) is 11.2. The summed E-state index contributed by atoms with van der Waals surface area (Å²) in [4.78, 5) is 1.92. The minimum Gasteiger partial charge on any atom is -0.409 e. The Morgan fingerprint density at radius 3 is 2.53 bits per heavy atom. The number of hydrogen-bond acceptors (Lipinski definition) is 5. The lowest BCUT2D eigenvalue weighted by molar-refractivity contribution is 0.318. The molecule has 1 aromatic rings. The molecule has 1 rings (SSSR count). The van der Waals surface area contributed by atoms with Crippen molar-refractivity contribution in [2.75, 3.05) is 18.1 Å². The molecule has 0 heterocycles. The van der Waals surface area contributed by atoms with Gasteiger partial charge in [0.25, 0.3) is 0 Å². The third-order valence-corrected chi connectivity index (χ3v) is 3.98. The molecule has 0 saturated heterocycles. The average molecular weight is 272 g/mol. The molecule has 6 heteroatoms. The van der Waals surface area contributed by atoms with Crippen molar-refractivity contribution in [3.63, 3.8) is 0 Å². The van der Waals surface area contributed by atoms with E-state index in [2.05, 4.69) is 5.16 Å². The summed E-state index contributed by atoms with van der Waals surface area (Å²) in [6, 6.07) is 5.80. The van der Waals surface area contributed by atoms with Gasteiger partial charge in [-0.05, 0) is 17.9 Å². The first kappa shape index (κ1) is 14.2. The molecule has 0 aromatic heterocycles. The standard InChI is InChI=1S/C11H16N2O2S2/c1-2-16-8-4-3-5-9(17-7-6-14)10(8)11(12)13-15/h3-5,14-15H,2,6-7H2,1H3,(H2,12,13). The molecule has 0 atom stereocenters. The molecule has 1 aromatic carbocycles. The topological polar surface area (TPSA) is 78.8 Å². The number of aliphatic hydroxyl groups excluding tert-OH is 1. The molecule has 0 aliphatic carbocycles. The summed E-state index contributed by atoms with van der Waals surface area (Å²) in [5.74, 6) is 1.62. The quantitative estimate of drug-likeness (QED) is 0.243. The lowest BCUT2D eigenvalue weighted by Crippen LogP contribution is -2.15. The molecule has 0 aliphatic heterocycles. The number of thioether (sulfide) groups is 2. The fourth-order valence-corrected chi connectivity index (χ4v) is 3.12. The van der Waals surface area contributed by atoms with E-state index >= 15 is 0 Å². The first-order valence-electron chi connectivity index (χ1n) is 5.22. The Hall–Kier alpha value is -0.850. The maximum atomic E-state index is 8.85. The number of nitrogens with two attached hydrogens (primary N) is 1. The third kappa shape index (κ3) is 3.83. The fraction of sp³-hybridized carbons (Fsp3) is 0.364. The molecule has 94 valence electrons. The minimum atomic E-state index is 0.103. The molecule has 0 amide bonds.